The van der Waals surface area contributed by atoms with Crippen LogP contribution >= 0.6 is 15.9 Å². The maximum Gasteiger partial charge on any atom is 0.141 e. The molecule has 3 N–H and O–H groups in total. The molecule has 0 saturated heterocycles. The van der Waals surface area contributed by atoms with Gasteiger partial charge in [0.2, 0.25) is 0 Å². The minimum absolute atomic E-state index is 0.0425. The molecule has 1 aromatic carbocycles. The third-order valence-corrected chi connectivity index (χ3v) is 3.31. The van der Waals surface area contributed by atoms with Gasteiger partial charge in [0, 0.05) is 5.92 Å². The molecule has 0 aromatic heterocycles. The van der Waals surface area contributed by atoms with Crippen LogP contribution in [-0.2, 0) is 0 Å². The molecule has 1 aromatic rings. The van der Waals surface area contributed by atoms with Gasteiger partial charge < -0.3 is 10.8 Å². The summed E-state index contributed by atoms with van der Waals surface area (Å²) < 4.78 is 13.2. The first-order valence-corrected chi connectivity index (χ1v) is 5.65. The lowest BCUT2D eigenvalue weighted by Gasteiger charge is -2.20. The van der Waals surface area contributed by atoms with Gasteiger partial charge in [0.1, 0.15) is 11.6 Å². The van der Waals surface area contributed by atoms with Crippen molar-refractivity contribution in [1.82, 2.24) is 0 Å². The van der Waals surface area contributed by atoms with Crippen LogP contribution in [0.3, 0.4) is 0 Å². The normalized spacial score (nSPS) is 13.2. The zero-order valence-electron chi connectivity index (χ0n) is 8.80. The molecule has 0 aliphatic carbocycles. The first kappa shape index (κ1) is 12.5. The quantitative estimate of drug-likeness (QED) is 0.891. The molecule has 0 radical (unpaired) electrons. The SMILES string of the molecule is CC(C)C(CN)c1ccc(F)c(Br)c1O. The molecular formula is C11H15BrFNO. The molecule has 2 nitrogen and oxygen atoms in total. The molecule has 0 heterocycles. The van der Waals surface area contributed by atoms with Crippen LogP contribution in [0.4, 0.5) is 4.39 Å². The topological polar surface area (TPSA) is 46.2 Å². The van der Waals surface area contributed by atoms with E-state index < -0.39 is 5.82 Å². The number of rotatable bonds is 3. The average molecular weight is 276 g/mol. The Morgan fingerprint density at radius 2 is 2.07 bits per heavy atom. The van der Waals surface area contributed by atoms with E-state index in [1.54, 1.807) is 6.07 Å². The van der Waals surface area contributed by atoms with Crippen molar-refractivity contribution in [2.45, 2.75) is 19.8 Å². The summed E-state index contributed by atoms with van der Waals surface area (Å²) in [7, 11) is 0. The number of phenolic OH excluding ortho intramolecular Hbond substituents is 1. The van der Waals surface area contributed by atoms with Crippen molar-refractivity contribution >= 4 is 15.9 Å². The highest BCUT2D eigenvalue weighted by Crippen LogP contribution is 2.37. The van der Waals surface area contributed by atoms with E-state index in [2.05, 4.69) is 15.9 Å². The van der Waals surface area contributed by atoms with Gasteiger partial charge in [-0.2, -0.15) is 0 Å². The fourth-order valence-electron chi connectivity index (χ4n) is 1.61. The fraction of sp³-hybridized carbons (Fsp3) is 0.455. The van der Waals surface area contributed by atoms with Crippen molar-refractivity contribution in [2.24, 2.45) is 11.7 Å². The summed E-state index contributed by atoms with van der Waals surface area (Å²) in [5, 5.41) is 9.79. The van der Waals surface area contributed by atoms with Crippen molar-refractivity contribution < 1.29 is 9.50 Å². The highest BCUT2D eigenvalue weighted by Gasteiger charge is 2.20. The summed E-state index contributed by atoms with van der Waals surface area (Å²) in [5.74, 6) is -0.157. The highest BCUT2D eigenvalue weighted by atomic mass is 79.9. The molecule has 0 fully saturated rings. The highest BCUT2D eigenvalue weighted by molar-refractivity contribution is 9.10. The standard InChI is InChI=1S/C11H15BrFNO/c1-6(2)8(5-14)7-3-4-9(13)10(12)11(7)15/h3-4,6,8,15H,5,14H2,1-2H3. The summed E-state index contributed by atoms with van der Waals surface area (Å²) in [6, 6.07) is 2.93. The lowest BCUT2D eigenvalue weighted by Crippen LogP contribution is -2.18. The van der Waals surface area contributed by atoms with Crippen LogP contribution in [0.25, 0.3) is 0 Å². The Morgan fingerprint density at radius 3 is 2.53 bits per heavy atom. The Kier molecular flexibility index (Phi) is 4.11. The molecule has 0 saturated carbocycles. The predicted octanol–water partition coefficient (Wildman–Crippen LogP) is 2.99. The van der Waals surface area contributed by atoms with Crippen molar-refractivity contribution in [3.8, 4) is 5.75 Å². The Balaban J connectivity index is 3.19. The molecule has 0 spiro atoms. The second-order valence-corrected chi connectivity index (χ2v) is 4.68. The summed E-state index contributed by atoms with van der Waals surface area (Å²) in [4.78, 5) is 0. The second kappa shape index (κ2) is 4.94. The molecule has 4 heteroatoms. The molecule has 1 rings (SSSR count). The number of hydrogen-bond donors (Lipinski definition) is 2. The third kappa shape index (κ3) is 2.49. The van der Waals surface area contributed by atoms with E-state index in [1.807, 2.05) is 13.8 Å². The number of aromatic hydroxyl groups is 1. The number of benzene rings is 1. The van der Waals surface area contributed by atoms with Crippen LogP contribution in [0.2, 0.25) is 0 Å². The van der Waals surface area contributed by atoms with Crippen molar-refractivity contribution in [3.05, 3.63) is 28.0 Å². The van der Waals surface area contributed by atoms with Gasteiger partial charge in [0.15, 0.2) is 0 Å². The maximum absolute atomic E-state index is 13.1. The van der Waals surface area contributed by atoms with Crippen LogP contribution in [-0.4, -0.2) is 11.7 Å². The molecule has 15 heavy (non-hydrogen) atoms. The van der Waals surface area contributed by atoms with Gasteiger partial charge >= 0.3 is 0 Å². The zero-order chi connectivity index (χ0) is 11.6. The minimum atomic E-state index is -0.462. The van der Waals surface area contributed by atoms with E-state index in [9.17, 15) is 9.50 Å². The molecular weight excluding hydrogens is 261 g/mol. The summed E-state index contributed by atoms with van der Waals surface area (Å²) in [5.41, 5.74) is 6.34. The van der Waals surface area contributed by atoms with Crippen molar-refractivity contribution in [2.75, 3.05) is 6.54 Å². The van der Waals surface area contributed by atoms with Gasteiger partial charge in [0.05, 0.1) is 4.47 Å². The zero-order valence-corrected chi connectivity index (χ0v) is 10.4. The van der Waals surface area contributed by atoms with E-state index in [4.69, 9.17) is 5.73 Å². The Labute approximate surface area is 97.4 Å². The largest absolute Gasteiger partial charge is 0.506 e. The van der Waals surface area contributed by atoms with Gasteiger partial charge in [-0.05, 0) is 40.0 Å². The molecule has 84 valence electrons. The predicted molar refractivity (Wildman–Crippen MR) is 62.4 cm³/mol. The van der Waals surface area contributed by atoms with E-state index in [0.29, 0.717) is 18.0 Å². The van der Waals surface area contributed by atoms with Crippen molar-refractivity contribution in [1.29, 1.82) is 0 Å². The number of halogens is 2. The fourth-order valence-corrected chi connectivity index (χ4v) is 1.97. The summed E-state index contributed by atoms with van der Waals surface area (Å²) >= 11 is 3.01. The Hall–Kier alpha value is -0.610. The van der Waals surface area contributed by atoms with Gasteiger partial charge in [-0.25, -0.2) is 4.39 Å². The molecule has 1 unspecified atom stereocenters. The second-order valence-electron chi connectivity index (χ2n) is 3.89. The first-order valence-electron chi connectivity index (χ1n) is 4.86. The van der Waals surface area contributed by atoms with E-state index >= 15 is 0 Å². The van der Waals surface area contributed by atoms with Gasteiger partial charge in [0.25, 0.3) is 0 Å². The van der Waals surface area contributed by atoms with Crippen LogP contribution in [0, 0.1) is 11.7 Å². The molecule has 0 aliphatic rings. The van der Waals surface area contributed by atoms with E-state index in [0.717, 1.165) is 0 Å². The van der Waals surface area contributed by atoms with Crippen LogP contribution in [0.1, 0.15) is 25.3 Å². The Bertz CT molecular complexity index is 355. The van der Waals surface area contributed by atoms with Gasteiger partial charge in [-0.3, -0.25) is 0 Å². The first-order chi connectivity index (χ1) is 6.99. The van der Waals surface area contributed by atoms with E-state index in [-0.39, 0.29) is 16.1 Å². The maximum atomic E-state index is 13.1. The van der Waals surface area contributed by atoms with Crippen LogP contribution in [0.15, 0.2) is 16.6 Å². The van der Waals surface area contributed by atoms with Crippen LogP contribution in [0.5, 0.6) is 5.75 Å². The summed E-state index contributed by atoms with van der Waals surface area (Å²) in [6.07, 6.45) is 0. The monoisotopic (exact) mass is 275 g/mol. The van der Waals surface area contributed by atoms with Gasteiger partial charge in [-0.15, -0.1) is 0 Å². The number of phenols is 1. The van der Waals surface area contributed by atoms with Crippen LogP contribution < -0.4 is 5.73 Å². The number of hydrogen-bond acceptors (Lipinski definition) is 2. The third-order valence-electron chi connectivity index (χ3n) is 2.56. The van der Waals surface area contributed by atoms with E-state index in [1.165, 1.54) is 6.07 Å². The molecule has 0 amide bonds. The minimum Gasteiger partial charge on any atom is -0.506 e. The number of nitrogens with two attached hydrogens (primary N) is 1. The molecule has 0 aliphatic heterocycles. The molecule has 1 atom stereocenters. The lowest BCUT2D eigenvalue weighted by molar-refractivity contribution is 0.429. The Morgan fingerprint density at radius 1 is 1.47 bits per heavy atom. The van der Waals surface area contributed by atoms with Crippen molar-refractivity contribution in [3.63, 3.8) is 0 Å². The smallest absolute Gasteiger partial charge is 0.141 e. The van der Waals surface area contributed by atoms with Gasteiger partial charge in [-0.1, -0.05) is 19.9 Å². The lowest BCUT2D eigenvalue weighted by atomic mass is 9.88. The molecule has 0 bridgehead atoms. The average Bonchev–Trinajstić information content (AvgIpc) is 2.18. The summed E-state index contributed by atoms with van der Waals surface area (Å²) in [6.45, 7) is 4.48.